The minimum atomic E-state index is -8.22. The topological polar surface area (TPSA) is 136 Å². The van der Waals surface area contributed by atoms with E-state index < -0.39 is 73.3 Å². The summed E-state index contributed by atoms with van der Waals surface area (Å²) in [5.74, 6) is -7.57. The van der Waals surface area contributed by atoms with Gasteiger partial charge in [0.2, 0.25) is 0 Å². The second kappa shape index (κ2) is 7.83. The first-order valence-electron chi connectivity index (χ1n) is 7.32. The lowest BCUT2D eigenvalue weighted by Gasteiger charge is -2.37. The van der Waals surface area contributed by atoms with Crippen LogP contribution in [0.2, 0.25) is 0 Å². The molecule has 0 aromatic carbocycles. The summed E-state index contributed by atoms with van der Waals surface area (Å²) in [7, 11) is -21.4. The van der Waals surface area contributed by atoms with Gasteiger partial charge in [-0.2, -0.15) is 60.7 Å². The lowest BCUT2D eigenvalue weighted by Crippen LogP contribution is -3.14. The predicted octanol–water partition coefficient (Wildman–Crippen LogP) is -1.05. The molecule has 0 radical (unpaired) electrons. The first-order valence-corrected chi connectivity index (χ1v) is 11.7. The van der Waals surface area contributed by atoms with Gasteiger partial charge in [-0.1, -0.05) is 0 Å². The van der Waals surface area contributed by atoms with Crippen molar-refractivity contribution in [2.75, 3.05) is 33.2 Å². The number of sulfonamides is 3. The average molecular weight is 541 g/mol. The van der Waals surface area contributed by atoms with E-state index in [-0.39, 0.29) is 13.1 Å². The van der Waals surface area contributed by atoms with Crippen molar-refractivity contribution < 1.29 is 68.6 Å². The molecule has 1 N–H and O–H groups in total. The van der Waals surface area contributed by atoms with E-state index in [1.165, 1.54) is 11.9 Å². The Labute approximate surface area is 168 Å². The number of alkyl halides is 9. The smallest absolute Gasteiger partial charge is 0.550 e. The summed E-state index contributed by atoms with van der Waals surface area (Å²) in [6, 6.07) is 0. The lowest BCUT2D eigenvalue weighted by atomic mass is 10.3. The van der Waals surface area contributed by atoms with Crippen LogP contribution in [0, 0.1) is 5.21 Å². The second-order valence-corrected chi connectivity index (χ2v) is 12.0. The van der Waals surface area contributed by atoms with E-state index in [2.05, 4.69) is 0 Å². The van der Waals surface area contributed by atoms with Crippen LogP contribution in [0.5, 0.6) is 0 Å². The zero-order valence-corrected chi connectivity index (χ0v) is 17.2. The van der Waals surface area contributed by atoms with Crippen molar-refractivity contribution in [2.45, 2.75) is 21.9 Å². The molecule has 0 aromatic rings. The first-order chi connectivity index (χ1) is 13.4. The van der Waals surface area contributed by atoms with Crippen LogP contribution < -0.4 is 3.87 Å². The molecule has 1 aliphatic heterocycles. The summed E-state index contributed by atoms with van der Waals surface area (Å²) in [4.78, 5) is 1.31. The highest BCUT2D eigenvalue weighted by molar-refractivity contribution is 7.98. The van der Waals surface area contributed by atoms with E-state index in [1.54, 1.807) is 0 Å². The SMILES string of the molecule is CN1CCN(S(=O)(=O)C(F)(F)C(F)(F)C(F)(F)S(=O)(=O)[NH+]([O-])S(=O)(=O)C(F)(F)F)CC1. The van der Waals surface area contributed by atoms with Gasteiger partial charge in [-0.05, 0) is 7.05 Å². The monoisotopic (exact) mass is 541 g/mol. The number of rotatable bonds is 7. The third kappa shape index (κ3) is 4.10. The number of piperazine rings is 1. The van der Waals surface area contributed by atoms with Crippen LogP contribution in [0.3, 0.4) is 0 Å². The molecule has 0 bridgehead atoms. The molecule has 1 fully saturated rings. The van der Waals surface area contributed by atoms with Crippen LogP contribution >= 0.6 is 0 Å². The molecule has 0 amide bonds. The molecule has 1 aliphatic rings. The molecule has 1 unspecified atom stereocenters. The van der Waals surface area contributed by atoms with Crippen LogP contribution in [0.1, 0.15) is 0 Å². The summed E-state index contributed by atoms with van der Waals surface area (Å²) >= 11 is 0. The summed E-state index contributed by atoms with van der Waals surface area (Å²) in [6.45, 7) is -2.58. The van der Waals surface area contributed by atoms with E-state index in [1.807, 2.05) is 0 Å². The molecule has 1 saturated heterocycles. The Morgan fingerprint density at radius 3 is 1.45 bits per heavy atom. The molecule has 1 atom stereocenters. The molecule has 0 aromatic heterocycles. The van der Waals surface area contributed by atoms with Gasteiger partial charge in [0, 0.05) is 26.2 Å². The molecule has 0 saturated carbocycles. The molecule has 0 aliphatic carbocycles. The summed E-state index contributed by atoms with van der Waals surface area (Å²) < 4.78 is 183. The predicted molar refractivity (Wildman–Crippen MR) is 81.1 cm³/mol. The molecular formula is C9H12F9N3O7S3. The highest BCUT2D eigenvalue weighted by Crippen LogP contribution is 2.51. The zero-order chi connectivity index (χ0) is 25.1. The van der Waals surface area contributed by atoms with Crippen LogP contribution in [0.15, 0.2) is 0 Å². The Hall–Kier alpha value is -0.940. The molecule has 10 nitrogen and oxygen atoms in total. The molecule has 0 spiro atoms. The van der Waals surface area contributed by atoms with Crippen LogP contribution in [0.4, 0.5) is 39.5 Å². The first kappa shape index (κ1) is 28.1. The largest absolute Gasteiger partial charge is 0.602 e. The van der Waals surface area contributed by atoms with Crippen molar-refractivity contribution in [3.05, 3.63) is 5.21 Å². The van der Waals surface area contributed by atoms with Gasteiger partial charge < -0.3 is 10.1 Å². The molecule has 186 valence electrons. The van der Waals surface area contributed by atoms with Gasteiger partial charge in [-0.25, -0.2) is 8.42 Å². The Balaban J connectivity index is 3.55. The number of quaternary nitrogens is 1. The lowest BCUT2D eigenvalue weighted by molar-refractivity contribution is -0.561. The van der Waals surface area contributed by atoms with E-state index in [0.29, 0.717) is 0 Å². The highest BCUT2D eigenvalue weighted by atomic mass is 32.3. The fraction of sp³-hybridized carbons (Fsp3) is 1.00. The van der Waals surface area contributed by atoms with Crippen LogP contribution in [-0.4, -0.2) is 89.6 Å². The number of hydrogen-bond donors (Lipinski definition) is 1. The van der Waals surface area contributed by atoms with E-state index >= 15 is 0 Å². The number of halogens is 9. The van der Waals surface area contributed by atoms with Crippen LogP contribution in [0.25, 0.3) is 0 Å². The van der Waals surface area contributed by atoms with Gasteiger partial charge in [-0.3, -0.25) is 0 Å². The summed E-state index contributed by atoms with van der Waals surface area (Å²) in [5.41, 5.74) is -6.88. The van der Waals surface area contributed by atoms with Gasteiger partial charge >= 0.3 is 42.0 Å². The highest BCUT2D eigenvalue weighted by Gasteiger charge is 2.85. The molecule has 31 heavy (non-hydrogen) atoms. The molecule has 22 heteroatoms. The van der Waals surface area contributed by atoms with E-state index in [0.717, 1.165) is 0 Å². The number of nitrogens with one attached hydrogen (secondary N) is 1. The van der Waals surface area contributed by atoms with Crippen molar-refractivity contribution in [1.29, 1.82) is 0 Å². The number of nitrogens with zero attached hydrogens (tertiary/aromatic N) is 2. The van der Waals surface area contributed by atoms with Crippen molar-refractivity contribution in [3.63, 3.8) is 0 Å². The maximum absolute atomic E-state index is 14.1. The Morgan fingerprint density at radius 1 is 0.710 bits per heavy atom. The third-order valence-corrected chi connectivity index (χ3v) is 9.62. The Kier molecular flexibility index (Phi) is 7.10. The maximum Gasteiger partial charge on any atom is 0.550 e. The average Bonchev–Trinajstić information content (AvgIpc) is 2.59. The Bertz CT molecular complexity index is 1000. The quantitative estimate of drug-likeness (QED) is 0.319. The summed E-state index contributed by atoms with van der Waals surface area (Å²) in [6.07, 6.45) is 0. The van der Waals surface area contributed by atoms with Crippen molar-refractivity contribution in [1.82, 2.24) is 9.21 Å². The van der Waals surface area contributed by atoms with E-state index in [4.69, 9.17) is 0 Å². The number of likely N-dealkylation sites (N-methyl/N-ethyl adjacent to an activating group) is 1. The van der Waals surface area contributed by atoms with Crippen LogP contribution in [-0.2, 0) is 30.1 Å². The van der Waals surface area contributed by atoms with Crippen molar-refractivity contribution in [2.24, 2.45) is 0 Å². The van der Waals surface area contributed by atoms with Gasteiger partial charge in [0.1, 0.15) is 0 Å². The fourth-order valence-corrected chi connectivity index (χ4v) is 6.14. The maximum atomic E-state index is 14.1. The molecular weight excluding hydrogens is 529 g/mol. The van der Waals surface area contributed by atoms with Gasteiger partial charge in [0.25, 0.3) is 10.0 Å². The third-order valence-electron chi connectivity index (χ3n) is 3.94. The normalized spacial score (nSPS) is 20.6. The van der Waals surface area contributed by atoms with Gasteiger partial charge in [0.05, 0.1) is 0 Å². The van der Waals surface area contributed by atoms with Crippen molar-refractivity contribution in [3.8, 4) is 0 Å². The molecule has 1 heterocycles. The minimum Gasteiger partial charge on any atom is -0.602 e. The standard InChI is InChI=1S/C9H12F9N3O7S3/c1-19-2-4-20(5-3-19)29(23,24)7(12,13)6(10,11)8(14,15)30(25,26)21(22)31(27,28)9(16,17)18/h21H,2-5H2,1H3. The fourth-order valence-electron chi connectivity index (χ4n) is 2.03. The zero-order valence-electron chi connectivity index (χ0n) is 14.7. The van der Waals surface area contributed by atoms with Gasteiger partial charge in [0.15, 0.2) is 0 Å². The van der Waals surface area contributed by atoms with E-state index in [9.17, 15) is 70.0 Å². The van der Waals surface area contributed by atoms with Gasteiger partial charge in [-0.15, -0.1) is 3.87 Å². The van der Waals surface area contributed by atoms with Crippen molar-refractivity contribution >= 4 is 30.1 Å². The molecule has 1 rings (SSSR count). The number of hydrogen-bond acceptors (Lipinski definition) is 8. The Morgan fingerprint density at radius 2 is 1.10 bits per heavy atom. The minimum absolute atomic E-state index is 0.349. The summed E-state index contributed by atoms with van der Waals surface area (Å²) in [5, 5.41) is -3.55. The second-order valence-electron chi connectivity index (χ2n) is 6.02.